The van der Waals surface area contributed by atoms with Gasteiger partial charge in [0, 0.05) is 35.8 Å². The van der Waals surface area contributed by atoms with E-state index in [2.05, 4.69) is 0 Å². The molecule has 0 saturated carbocycles. The van der Waals surface area contributed by atoms with Gasteiger partial charge < -0.3 is 35.0 Å². The summed E-state index contributed by atoms with van der Waals surface area (Å²) in [5, 5.41) is 49.7. The van der Waals surface area contributed by atoms with Gasteiger partial charge in [0.2, 0.25) is 0 Å². The van der Waals surface area contributed by atoms with Crippen LogP contribution in [0.1, 0.15) is 80.9 Å². The van der Waals surface area contributed by atoms with Gasteiger partial charge >= 0.3 is 0 Å². The van der Waals surface area contributed by atoms with Gasteiger partial charge in [0.05, 0.1) is 7.11 Å². The van der Waals surface area contributed by atoms with Gasteiger partial charge in [-0.05, 0) is 37.5 Å². The molecular weight excluding hydrogens is 448 g/mol. The smallest absolute Gasteiger partial charge is 0.172 e. The van der Waals surface area contributed by atoms with Gasteiger partial charge in [0.25, 0.3) is 0 Å². The van der Waals surface area contributed by atoms with Crippen LogP contribution in [-0.2, 0) is 12.8 Å². The van der Waals surface area contributed by atoms with Gasteiger partial charge in [0.15, 0.2) is 17.3 Å². The molecule has 0 radical (unpaired) electrons. The first kappa shape index (κ1) is 26.5. The number of phenols is 3. The van der Waals surface area contributed by atoms with Crippen molar-refractivity contribution < 1.29 is 35.0 Å². The number of aromatic hydroxyl groups is 3. The zero-order valence-electron chi connectivity index (χ0n) is 20.6. The first-order chi connectivity index (χ1) is 17.0. The second kappa shape index (κ2) is 13.1. The predicted octanol–water partition coefficient (Wildman–Crippen LogP) is 6.11. The van der Waals surface area contributed by atoms with Crippen LogP contribution in [0.3, 0.4) is 0 Å². The molecule has 2 aromatic rings. The van der Waals surface area contributed by atoms with Crippen LogP contribution in [-0.4, -0.2) is 39.2 Å². The van der Waals surface area contributed by atoms with Crippen molar-refractivity contribution in [3.05, 3.63) is 46.7 Å². The highest BCUT2D eigenvalue weighted by atomic mass is 16.5. The van der Waals surface area contributed by atoms with Gasteiger partial charge in [-0.2, -0.15) is 0 Å². The Morgan fingerprint density at radius 2 is 1.43 bits per heavy atom. The lowest BCUT2D eigenvalue weighted by atomic mass is 9.96. The molecule has 7 heteroatoms. The zero-order chi connectivity index (χ0) is 25.2. The molecule has 1 heterocycles. The molecule has 2 aromatic carbocycles. The predicted molar refractivity (Wildman–Crippen MR) is 135 cm³/mol. The summed E-state index contributed by atoms with van der Waals surface area (Å²) in [6.45, 7) is 0.293. The molecule has 0 atom stereocenters. The van der Waals surface area contributed by atoms with E-state index in [1.165, 1.54) is 50.3 Å². The lowest BCUT2D eigenvalue weighted by Gasteiger charge is -2.24. The van der Waals surface area contributed by atoms with E-state index in [-0.39, 0.29) is 35.2 Å². The summed E-state index contributed by atoms with van der Waals surface area (Å²) in [6, 6.07) is 5.90. The minimum absolute atomic E-state index is 0.0645. The fraction of sp³-hybridized carbons (Fsp3) is 0.500. The number of aliphatic hydroxyl groups excluding tert-OH is 2. The monoisotopic (exact) mass is 486 g/mol. The van der Waals surface area contributed by atoms with E-state index in [4.69, 9.17) is 14.6 Å². The third kappa shape index (κ3) is 6.98. The molecule has 5 N–H and O–H groups in total. The van der Waals surface area contributed by atoms with Crippen molar-refractivity contribution in [2.24, 2.45) is 0 Å². The molecule has 35 heavy (non-hydrogen) atoms. The Hall–Kier alpha value is -3.06. The lowest BCUT2D eigenvalue weighted by molar-refractivity contribution is 0.282. The van der Waals surface area contributed by atoms with E-state index in [0.29, 0.717) is 35.7 Å². The molecule has 0 aliphatic carbocycles. The molecule has 192 valence electrons. The van der Waals surface area contributed by atoms with E-state index in [1.54, 1.807) is 13.2 Å². The van der Waals surface area contributed by atoms with E-state index in [0.717, 1.165) is 37.7 Å². The van der Waals surface area contributed by atoms with Crippen LogP contribution in [0.4, 0.5) is 0 Å². The number of aliphatic hydroxyl groups is 2. The molecule has 7 nitrogen and oxygen atoms in total. The Morgan fingerprint density at radius 1 is 0.800 bits per heavy atom. The second-order valence-corrected chi connectivity index (χ2v) is 9.15. The number of methoxy groups -OCH3 is 1. The first-order valence-corrected chi connectivity index (χ1v) is 12.6. The molecule has 0 spiro atoms. The fourth-order valence-electron chi connectivity index (χ4n) is 4.53. The second-order valence-electron chi connectivity index (χ2n) is 9.15. The van der Waals surface area contributed by atoms with Gasteiger partial charge in [-0.1, -0.05) is 51.4 Å². The fourth-order valence-corrected chi connectivity index (χ4v) is 4.53. The van der Waals surface area contributed by atoms with Crippen LogP contribution in [0, 0.1) is 0 Å². The van der Waals surface area contributed by atoms with Crippen molar-refractivity contribution in [3.63, 3.8) is 0 Å². The van der Waals surface area contributed by atoms with Crippen molar-refractivity contribution in [1.82, 2.24) is 0 Å². The summed E-state index contributed by atoms with van der Waals surface area (Å²) in [7, 11) is 1.56. The number of hydrogen-bond donors (Lipinski definition) is 5. The minimum Gasteiger partial charge on any atom is -0.508 e. The molecular formula is C28H38O7. The lowest BCUT2D eigenvalue weighted by Crippen LogP contribution is -2.11. The van der Waals surface area contributed by atoms with Crippen molar-refractivity contribution >= 4 is 5.76 Å². The summed E-state index contributed by atoms with van der Waals surface area (Å²) in [5.74, 6) is 0.539. The third-order valence-electron chi connectivity index (χ3n) is 6.54. The number of phenolic OH excluding ortho intramolecular Hbond substituents is 3. The molecule has 0 bridgehead atoms. The summed E-state index contributed by atoms with van der Waals surface area (Å²) < 4.78 is 11.4. The number of allylic oxidation sites excluding steroid dienone is 1. The SMILES string of the molecule is COc1cc2c(c(O)c1CCCCCCCCCCCCO)CC(O)=C(c1ccc(O)c(O)c1)O2. The number of benzene rings is 2. The maximum Gasteiger partial charge on any atom is 0.172 e. The van der Waals surface area contributed by atoms with Crippen LogP contribution < -0.4 is 9.47 Å². The van der Waals surface area contributed by atoms with Crippen molar-refractivity contribution in [1.29, 1.82) is 0 Å². The zero-order valence-corrected chi connectivity index (χ0v) is 20.6. The molecule has 0 fully saturated rings. The minimum atomic E-state index is -0.314. The van der Waals surface area contributed by atoms with Crippen LogP contribution in [0.15, 0.2) is 30.0 Å². The normalized spacial score (nSPS) is 13.0. The van der Waals surface area contributed by atoms with Crippen molar-refractivity contribution in [2.45, 2.75) is 77.0 Å². The largest absolute Gasteiger partial charge is 0.508 e. The number of rotatable bonds is 14. The quantitative estimate of drug-likeness (QED) is 0.161. The van der Waals surface area contributed by atoms with Crippen molar-refractivity contribution in [2.75, 3.05) is 13.7 Å². The van der Waals surface area contributed by atoms with E-state index >= 15 is 0 Å². The topological polar surface area (TPSA) is 120 Å². The van der Waals surface area contributed by atoms with Crippen molar-refractivity contribution in [3.8, 4) is 28.7 Å². The molecule has 1 aliphatic rings. The van der Waals surface area contributed by atoms with E-state index < -0.39 is 0 Å². The van der Waals surface area contributed by atoms with Gasteiger partial charge in [-0.3, -0.25) is 0 Å². The number of fused-ring (bicyclic) bond motifs is 1. The Labute approximate surface area is 207 Å². The van der Waals surface area contributed by atoms with Crippen LogP contribution in [0.25, 0.3) is 5.76 Å². The van der Waals surface area contributed by atoms with Crippen LogP contribution in [0.5, 0.6) is 28.7 Å². The summed E-state index contributed by atoms with van der Waals surface area (Å²) >= 11 is 0. The molecule has 0 amide bonds. The Balaban J connectivity index is 1.57. The van der Waals surface area contributed by atoms with E-state index in [1.807, 2.05) is 0 Å². The Morgan fingerprint density at radius 3 is 2.03 bits per heavy atom. The third-order valence-corrected chi connectivity index (χ3v) is 6.54. The number of ether oxygens (including phenoxy) is 2. The highest BCUT2D eigenvalue weighted by molar-refractivity contribution is 5.71. The Bertz CT molecular complexity index is 1010. The molecule has 0 aromatic heterocycles. The van der Waals surface area contributed by atoms with Gasteiger partial charge in [-0.25, -0.2) is 0 Å². The Kier molecular flexibility index (Phi) is 9.97. The van der Waals surface area contributed by atoms with Gasteiger partial charge in [-0.15, -0.1) is 0 Å². The maximum atomic E-state index is 11.0. The first-order valence-electron chi connectivity index (χ1n) is 12.6. The van der Waals surface area contributed by atoms with Gasteiger partial charge in [0.1, 0.15) is 23.0 Å². The summed E-state index contributed by atoms with van der Waals surface area (Å²) in [6.07, 6.45) is 12.1. The molecule has 0 saturated heterocycles. The summed E-state index contributed by atoms with van der Waals surface area (Å²) in [4.78, 5) is 0. The van der Waals surface area contributed by atoms with Crippen LogP contribution >= 0.6 is 0 Å². The van der Waals surface area contributed by atoms with E-state index in [9.17, 15) is 20.4 Å². The average molecular weight is 487 g/mol. The molecule has 3 rings (SSSR count). The summed E-state index contributed by atoms with van der Waals surface area (Å²) in [5.41, 5.74) is 1.64. The maximum absolute atomic E-state index is 11.0. The molecule has 0 unspecified atom stereocenters. The standard InChI is InChI=1S/C28H38O7/c1-34-25-18-26-21(17-24(32)28(35-26)19-13-14-22(30)23(31)16-19)27(33)20(25)12-10-8-6-4-2-3-5-7-9-11-15-29/h13-14,16,18,29-33H,2-12,15,17H2,1H3. The average Bonchev–Trinajstić information content (AvgIpc) is 2.85. The number of hydrogen-bond acceptors (Lipinski definition) is 7. The highest BCUT2D eigenvalue weighted by Gasteiger charge is 2.27. The van der Waals surface area contributed by atoms with Crippen LogP contribution in [0.2, 0.25) is 0 Å². The number of unbranched alkanes of at least 4 members (excludes halogenated alkanes) is 9. The highest BCUT2D eigenvalue weighted by Crippen LogP contribution is 2.45. The molecule has 1 aliphatic heterocycles.